The Balaban J connectivity index is 1.72. The monoisotopic (exact) mass is 465 g/mol. The summed E-state index contributed by atoms with van der Waals surface area (Å²) in [7, 11) is 0. The number of thioether (sulfide) groups is 1. The lowest BCUT2D eigenvalue weighted by Gasteiger charge is -2.13. The van der Waals surface area contributed by atoms with Crippen LogP contribution in [0.1, 0.15) is 35.1 Å². The first-order valence-corrected chi connectivity index (χ1v) is 11.9. The number of nitrogens with zero attached hydrogens (tertiary/aromatic N) is 3. The molecule has 0 aliphatic rings. The van der Waals surface area contributed by atoms with Crippen molar-refractivity contribution in [1.82, 2.24) is 14.1 Å². The Morgan fingerprint density at radius 1 is 1.09 bits per heavy atom. The number of carbonyl (C=O) groups is 1. The van der Waals surface area contributed by atoms with Crippen molar-refractivity contribution in [2.75, 3.05) is 5.75 Å². The van der Waals surface area contributed by atoms with E-state index < -0.39 is 0 Å². The molecule has 0 unspecified atom stereocenters. The zero-order chi connectivity index (χ0) is 22.8. The molecule has 32 heavy (non-hydrogen) atoms. The summed E-state index contributed by atoms with van der Waals surface area (Å²) in [6, 6.07) is 16.2. The van der Waals surface area contributed by atoms with Crippen molar-refractivity contribution in [3.05, 3.63) is 86.9 Å². The number of halogens is 1. The molecule has 0 atom stereocenters. The number of ketones is 1. The van der Waals surface area contributed by atoms with Crippen molar-refractivity contribution in [3.63, 3.8) is 0 Å². The fourth-order valence-electron chi connectivity index (χ4n) is 3.89. The first kappa shape index (κ1) is 22.4. The summed E-state index contributed by atoms with van der Waals surface area (Å²) in [6.45, 7) is 7.02. The van der Waals surface area contributed by atoms with Gasteiger partial charge in [-0.2, -0.15) is 0 Å². The minimum absolute atomic E-state index is 0.0236. The standard InChI is InChI=1S/C25H24ClN3O2S/c1-4-13-28-16(2)14-21(17(28)3)23(30)15-32-25-27-22-8-6-5-7-20(22)24(31)29(25)19-11-9-18(26)10-12-19/h5-12,14H,4,13,15H2,1-3H3. The molecule has 0 amide bonds. The molecule has 0 aliphatic carbocycles. The molecule has 5 nitrogen and oxygen atoms in total. The Kier molecular flexibility index (Phi) is 6.53. The van der Waals surface area contributed by atoms with Gasteiger partial charge in [-0.05, 0) is 62.7 Å². The van der Waals surface area contributed by atoms with Crippen LogP contribution < -0.4 is 5.56 Å². The van der Waals surface area contributed by atoms with Crippen molar-refractivity contribution in [1.29, 1.82) is 0 Å². The van der Waals surface area contributed by atoms with Crippen LogP contribution in [0.25, 0.3) is 16.6 Å². The van der Waals surface area contributed by atoms with E-state index in [0.29, 0.717) is 26.8 Å². The summed E-state index contributed by atoms with van der Waals surface area (Å²) < 4.78 is 3.73. The fourth-order valence-corrected chi connectivity index (χ4v) is 4.91. The van der Waals surface area contributed by atoms with Gasteiger partial charge >= 0.3 is 0 Å². The predicted molar refractivity (Wildman–Crippen MR) is 132 cm³/mol. The molecular formula is C25H24ClN3O2S. The zero-order valence-electron chi connectivity index (χ0n) is 18.3. The van der Waals surface area contributed by atoms with Crippen molar-refractivity contribution in [2.45, 2.75) is 38.9 Å². The normalized spacial score (nSPS) is 11.2. The molecular weight excluding hydrogens is 442 g/mol. The van der Waals surface area contributed by atoms with Crippen molar-refractivity contribution >= 4 is 40.0 Å². The number of aryl methyl sites for hydroxylation is 1. The summed E-state index contributed by atoms with van der Waals surface area (Å²) in [5.74, 6) is 0.213. The van der Waals surface area contributed by atoms with Crippen LogP contribution in [0.4, 0.5) is 0 Å². The molecule has 4 aromatic rings. The molecule has 0 spiro atoms. The number of hydrogen-bond acceptors (Lipinski definition) is 4. The molecule has 0 aliphatic heterocycles. The van der Waals surface area contributed by atoms with E-state index >= 15 is 0 Å². The van der Waals surface area contributed by atoms with Crippen LogP contribution in [-0.2, 0) is 6.54 Å². The second kappa shape index (κ2) is 9.35. The Morgan fingerprint density at radius 3 is 2.53 bits per heavy atom. The van der Waals surface area contributed by atoms with E-state index in [1.807, 2.05) is 38.1 Å². The van der Waals surface area contributed by atoms with Gasteiger partial charge in [-0.15, -0.1) is 0 Å². The van der Waals surface area contributed by atoms with Crippen molar-refractivity contribution in [2.24, 2.45) is 0 Å². The van der Waals surface area contributed by atoms with E-state index in [-0.39, 0.29) is 17.1 Å². The van der Waals surface area contributed by atoms with Gasteiger partial charge in [0.05, 0.1) is 22.3 Å². The summed E-state index contributed by atoms with van der Waals surface area (Å²) in [6.07, 6.45) is 1.01. The highest BCUT2D eigenvalue weighted by atomic mass is 35.5. The van der Waals surface area contributed by atoms with Crippen LogP contribution in [0, 0.1) is 13.8 Å². The molecule has 2 aromatic carbocycles. The van der Waals surface area contributed by atoms with Gasteiger partial charge in [-0.1, -0.05) is 42.4 Å². The van der Waals surface area contributed by atoms with Crippen LogP contribution in [0.3, 0.4) is 0 Å². The van der Waals surface area contributed by atoms with E-state index in [1.165, 1.54) is 11.8 Å². The molecule has 0 radical (unpaired) electrons. The molecule has 2 aromatic heterocycles. The number of para-hydroxylation sites is 1. The summed E-state index contributed by atoms with van der Waals surface area (Å²) in [5, 5.41) is 1.59. The molecule has 0 fully saturated rings. The van der Waals surface area contributed by atoms with Crippen LogP contribution in [0.2, 0.25) is 5.02 Å². The van der Waals surface area contributed by atoms with Gasteiger partial charge in [0.25, 0.3) is 5.56 Å². The Bertz CT molecular complexity index is 1360. The van der Waals surface area contributed by atoms with E-state index in [1.54, 1.807) is 34.9 Å². The summed E-state index contributed by atoms with van der Waals surface area (Å²) in [5.41, 5.74) is 3.89. The fraction of sp³-hybridized carbons (Fsp3) is 0.240. The van der Waals surface area contributed by atoms with Crippen LogP contribution >= 0.6 is 23.4 Å². The van der Waals surface area contributed by atoms with Crippen LogP contribution in [-0.4, -0.2) is 25.7 Å². The number of carbonyl (C=O) groups excluding carboxylic acids is 1. The van der Waals surface area contributed by atoms with Gasteiger partial charge in [0.15, 0.2) is 10.9 Å². The third-order valence-electron chi connectivity index (χ3n) is 5.48. The highest BCUT2D eigenvalue weighted by Gasteiger charge is 2.18. The zero-order valence-corrected chi connectivity index (χ0v) is 19.8. The SMILES string of the molecule is CCCn1c(C)cc(C(=O)CSc2nc3ccccc3c(=O)n2-c2ccc(Cl)cc2)c1C. The average Bonchev–Trinajstić information content (AvgIpc) is 3.07. The number of aromatic nitrogens is 3. The molecule has 2 heterocycles. The third-order valence-corrected chi connectivity index (χ3v) is 6.67. The topological polar surface area (TPSA) is 56.9 Å². The molecule has 164 valence electrons. The maximum absolute atomic E-state index is 13.3. The van der Waals surface area contributed by atoms with Gasteiger partial charge in [-0.25, -0.2) is 4.98 Å². The number of fused-ring (bicyclic) bond motifs is 1. The molecule has 0 N–H and O–H groups in total. The number of rotatable bonds is 7. The smallest absolute Gasteiger partial charge is 0.266 e. The Labute approximate surface area is 196 Å². The van der Waals surface area contributed by atoms with E-state index in [9.17, 15) is 9.59 Å². The number of hydrogen-bond donors (Lipinski definition) is 0. The van der Waals surface area contributed by atoms with Gasteiger partial charge < -0.3 is 4.57 Å². The third kappa shape index (κ3) is 4.25. The minimum atomic E-state index is -0.172. The largest absolute Gasteiger partial charge is 0.348 e. The number of benzene rings is 2. The summed E-state index contributed by atoms with van der Waals surface area (Å²) >= 11 is 7.32. The van der Waals surface area contributed by atoms with Gasteiger partial charge in [0.1, 0.15) is 0 Å². The second-order valence-electron chi connectivity index (χ2n) is 7.68. The molecule has 0 saturated heterocycles. The van der Waals surface area contributed by atoms with Gasteiger partial charge in [0, 0.05) is 28.5 Å². The number of Topliss-reactive ketones (excluding diaryl/α,β-unsaturated/α-hetero) is 1. The van der Waals surface area contributed by atoms with Crippen LogP contribution in [0.5, 0.6) is 0 Å². The predicted octanol–water partition coefficient (Wildman–Crippen LogP) is 5.84. The van der Waals surface area contributed by atoms with E-state index in [0.717, 1.165) is 29.9 Å². The van der Waals surface area contributed by atoms with Crippen LogP contribution in [0.15, 0.2) is 64.5 Å². The highest BCUT2D eigenvalue weighted by Crippen LogP contribution is 2.25. The minimum Gasteiger partial charge on any atom is -0.348 e. The van der Waals surface area contributed by atoms with Crippen molar-refractivity contribution in [3.8, 4) is 5.69 Å². The lowest BCUT2D eigenvalue weighted by molar-refractivity contribution is 0.102. The first-order valence-electron chi connectivity index (χ1n) is 10.5. The molecule has 7 heteroatoms. The second-order valence-corrected chi connectivity index (χ2v) is 9.06. The Hall–Kier alpha value is -2.83. The maximum atomic E-state index is 13.3. The molecule has 4 rings (SSSR count). The van der Waals surface area contributed by atoms with Gasteiger partial charge in [0.2, 0.25) is 0 Å². The van der Waals surface area contributed by atoms with E-state index in [2.05, 4.69) is 11.5 Å². The van der Waals surface area contributed by atoms with E-state index in [4.69, 9.17) is 16.6 Å². The lowest BCUT2D eigenvalue weighted by atomic mass is 10.2. The highest BCUT2D eigenvalue weighted by molar-refractivity contribution is 7.99. The molecule has 0 bridgehead atoms. The quantitative estimate of drug-likeness (QED) is 0.195. The average molecular weight is 466 g/mol. The van der Waals surface area contributed by atoms with Gasteiger partial charge in [-0.3, -0.25) is 14.2 Å². The summed E-state index contributed by atoms with van der Waals surface area (Å²) in [4.78, 5) is 31.1. The van der Waals surface area contributed by atoms with Crippen molar-refractivity contribution < 1.29 is 4.79 Å². The first-order chi connectivity index (χ1) is 15.4. The lowest BCUT2D eigenvalue weighted by Crippen LogP contribution is -2.22. The maximum Gasteiger partial charge on any atom is 0.266 e. The Morgan fingerprint density at radius 2 is 1.81 bits per heavy atom. The molecule has 0 saturated carbocycles.